The molecule has 0 aliphatic carbocycles. The van der Waals surface area contributed by atoms with Crippen LogP contribution in [0.15, 0.2) is 23.2 Å². The third kappa shape index (κ3) is 3.66. The second kappa shape index (κ2) is 5.64. The van der Waals surface area contributed by atoms with Crippen LogP contribution in [0.25, 0.3) is 0 Å². The summed E-state index contributed by atoms with van der Waals surface area (Å²) in [6.45, 7) is 5.70. The number of nitrogen functional groups attached to an aromatic ring is 1. The fourth-order valence-corrected chi connectivity index (χ4v) is 3.37. The Bertz CT molecular complexity index is 500. The van der Waals surface area contributed by atoms with Gasteiger partial charge in [0.15, 0.2) is 5.82 Å². The molecule has 1 rings (SSSR count). The molecule has 0 bridgehead atoms. The number of nitrogens with two attached hydrogens (primary N) is 1. The molecule has 7 heteroatoms. The number of hydrogen-bond donors (Lipinski definition) is 3. The molecule has 0 atom stereocenters. The first-order valence-corrected chi connectivity index (χ1v) is 7.26. The van der Waals surface area contributed by atoms with Crippen LogP contribution >= 0.6 is 0 Å². The molecule has 0 aliphatic heterocycles. The predicted molar refractivity (Wildman–Crippen MR) is 71.4 cm³/mol. The minimum atomic E-state index is -3.64. The van der Waals surface area contributed by atoms with Crippen LogP contribution < -0.4 is 16.0 Å². The minimum absolute atomic E-state index is 0.0525. The summed E-state index contributed by atoms with van der Waals surface area (Å²) in [5.41, 5.74) is 1.78. The summed E-state index contributed by atoms with van der Waals surface area (Å²) in [4.78, 5) is 3.94. The van der Waals surface area contributed by atoms with Crippen molar-refractivity contribution in [1.29, 1.82) is 0 Å². The van der Waals surface area contributed by atoms with Crippen molar-refractivity contribution in [1.82, 2.24) is 9.71 Å². The van der Waals surface area contributed by atoms with Crippen molar-refractivity contribution in [2.75, 3.05) is 5.43 Å². The number of sulfonamides is 1. The summed E-state index contributed by atoms with van der Waals surface area (Å²) in [7, 11) is -3.64. The van der Waals surface area contributed by atoms with Gasteiger partial charge in [0.25, 0.3) is 0 Å². The van der Waals surface area contributed by atoms with Gasteiger partial charge in [-0.05, 0) is 32.4 Å². The lowest BCUT2D eigenvalue weighted by Crippen LogP contribution is -2.43. The molecule has 1 aromatic heterocycles. The van der Waals surface area contributed by atoms with E-state index in [1.165, 1.54) is 12.3 Å². The Morgan fingerprint density at radius 2 is 2.11 bits per heavy atom. The number of nitrogens with one attached hydrogen (secondary N) is 2. The van der Waals surface area contributed by atoms with Crippen LogP contribution in [0.1, 0.15) is 33.6 Å². The number of hydrazine groups is 1. The minimum Gasteiger partial charge on any atom is -0.307 e. The van der Waals surface area contributed by atoms with Crippen molar-refractivity contribution in [3.63, 3.8) is 0 Å². The zero-order valence-corrected chi connectivity index (χ0v) is 11.7. The van der Waals surface area contributed by atoms with Gasteiger partial charge in [-0.1, -0.05) is 13.3 Å². The van der Waals surface area contributed by atoms with Gasteiger partial charge in [0.2, 0.25) is 10.0 Å². The maximum atomic E-state index is 12.3. The molecular formula is C11H20N4O2S. The van der Waals surface area contributed by atoms with Gasteiger partial charge < -0.3 is 5.43 Å². The van der Waals surface area contributed by atoms with Crippen LogP contribution in [-0.2, 0) is 10.0 Å². The van der Waals surface area contributed by atoms with Crippen LogP contribution in [0, 0.1) is 0 Å². The number of hydrogen-bond acceptors (Lipinski definition) is 5. The van der Waals surface area contributed by atoms with E-state index in [9.17, 15) is 8.42 Å². The van der Waals surface area contributed by atoms with E-state index in [0.29, 0.717) is 0 Å². The van der Waals surface area contributed by atoms with E-state index in [0.717, 1.165) is 12.8 Å². The predicted octanol–water partition coefficient (Wildman–Crippen LogP) is 1.22. The first-order chi connectivity index (χ1) is 8.32. The highest BCUT2D eigenvalue weighted by Gasteiger charge is 2.27. The molecule has 0 saturated carbocycles. The molecular weight excluding hydrogens is 252 g/mol. The Morgan fingerprint density at radius 1 is 1.44 bits per heavy atom. The highest BCUT2D eigenvalue weighted by atomic mass is 32.2. The van der Waals surface area contributed by atoms with Gasteiger partial charge in [0, 0.05) is 11.7 Å². The molecule has 18 heavy (non-hydrogen) atoms. The first kappa shape index (κ1) is 14.9. The lowest BCUT2D eigenvalue weighted by atomic mass is 10.0. The number of nitrogens with zero attached hydrogens (tertiary/aromatic N) is 1. The third-order valence-corrected chi connectivity index (χ3v) is 4.21. The quantitative estimate of drug-likeness (QED) is 0.534. The van der Waals surface area contributed by atoms with Gasteiger partial charge >= 0.3 is 0 Å². The number of aromatic nitrogens is 1. The van der Waals surface area contributed by atoms with Gasteiger partial charge in [0.1, 0.15) is 4.90 Å². The van der Waals surface area contributed by atoms with Gasteiger partial charge in [0.05, 0.1) is 0 Å². The second-order valence-electron chi connectivity index (χ2n) is 4.73. The van der Waals surface area contributed by atoms with E-state index >= 15 is 0 Å². The van der Waals surface area contributed by atoms with Crippen LogP contribution in [-0.4, -0.2) is 18.9 Å². The smallest absolute Gasteiger partial charge is 0.244 e. The molecule has 1 aromatic rings. The normalized spacial score (nSPS) is 12.4. The fourth-order valence-electron chi connectivity index (χ4n) is 1.81. The fraction of sp³-hybridized carbons (Fsp3) is 0.545. The molecule has 0 spiro atoms. The van der Waals surface area contributed by atoms with E-state index in [1.54, 1.807) is 6.07 Å². The Hall–Kier alpha value is -1.18. The van der Waals surface area contributed by atoms with Crippen LogP contribution in [0.4, 0.5) is 5.82 Å². The number of pyridine rings is 1. The van der Waals surface area contributed by atoms with Crippen LogP contribution in [0.3, 0.4) is 0 Å². The van der Waals surface area contributed by atoms with E-state index in [4.69, 9.17) is 5.84 Å². The van der Waals surface area contributed by atoms with Crippen molar-refractivity contribution in [2.45, 2.75) is 44.0 Å². The lowest BCUT2D eigenvalue weighted by Gasteiger charge is -2.25. The topological polar surface area (TPSA) is 97.1 Å². The largest absolute Gasteiger partial charge is 0.307 e. The maximum absolute atomic E-state index is 12.3. The van der Waals surface area contributed by atoms with Crippen LogP contribution in [0.2, 0.25) is 0 Å². The van der Waals surface area contributed by atoms with Gasteiger partial charge in [-0.25, -0.2) is 24.0 Å². The highest BCUT2D eigenvalue weighted by Crippen LogP contribution is 2.20. The Balaban J connectivity index is 3.07. The van der Waals surface area contributed by atoms with E-state index in [1.807, 2.05) is 20.8 Å². The van der Waals surface area contributed by atoms with Crippen molar-refractivity contribution in [3.05, 3.63) is 18.3 Å². The van der Waals surface area contributed by atoms with Crippen molar-refractivity contribution in [3.8, 4) is 0 Å². The third-order valence-electron chi connectivity index (χ3n) is 2.48. The zero-order valence-electron chi connectivity index (χ0n) is 10.9. The van der Waals surface area contributed by atoms with Crippen molar-refractivity contribution < 1.29 is 8.42 Å². The summed E-state index contributed by atoms with van der Waals surface area (Å²) in [6, 6.07) is 3.02. The van der Waals surface area contributed by atoms with E-state index < -0.39 is 15.6 Å². The van der Waals surface area contributed by atoms with Gasteiger partial charge in [-0.2, -0.15) is 0 Å². The van der Waals surface area contributed by atoms with Crippen LogP contribution in [0.5, 0.6) is 0 Å². The monoisotopic (exact) mass is 272 g/mol. The molecule has 4 N–H and O–H groups in total. The molecule has 0 aromatic carbocycles. The molecule has 0 radical (unpaired) electrons. The lowest BCUT2D eigenvalue weighted by molar-refractivity contribution is 0.418. The summed E-state index contributed by atoms with van der Waals surface area (Å²) in [5, 5.41) is 0. The summed E-state index contributed by atoms with van der Waals surface area (Å²) >= 11 is 0. The molecule has 0 saturated heterocycles. The number of anilines is 1. The van der Waals surface area contributed by atoms with E-state index in [2.05, 4.69) is 15.1 Å². The number of rotatable bonds is 6. The molecule has 1 heterocycles. The average molecular weight is 272 g/mol. The standard InChI is InChI=1S/C11H20N4O2S/c1-4-7-11(2,3)15-18(16,17)9-6-5-8-13-10(9)14-12/h5-6,8,15H,4,7,12H2,1-3H3,(H,13,14). The summed E-state index contributed by atoms with van der Waals surface area (Å²) < 4.78 is 27.2. The average Bonchev–Trinajstić information content (AvgIpc) is 2.27. The maximum Gasteiger partial charge on any atom is 0.244 e. The molecule has 0 amide bonds. The molecule has 0 unspecified atom stereocenters. The molecule has 0 aliphatic rings. The second-order valence-corrected chi connectivity index (χ2v) is 6.38. The van der Waals surface area contributed by atoms with Gasteiger partial charge in [-0.15, -0.1) is 0 Å². The SMILES string of the molecule is CCCC(C)(C)NS(=O)(=O)c1cccnc1NN. The van der Waals surface area contributed by atoms with Crippen molar-refractivity contribution >= 4 is 15.8 Å². The molecule has 0 fully saturated rings. The highest BCUT2D eigenvalue weighted by molar-refractivity contribution is 7.89. The molecule has 102 valence electrons. The first-order valence-electron chi connectivity index (χ1n) is 5.78. The van der Waals surface area contributed by atoms with Gasteiger partial charge in [-0.3, -0.25) is 0 Å². The summed E-state index contributed by atoms with van der Waals surface area (Å²) in [6.07, 6.45) is 3.12. The Morgan fingerprint density at radius 3 is 2.67 bits per heavy atom. The van der Waals surface area contributed by atoms with E-state index in [-0.39, 0.29) is 10.7 Å². The Kier molecular flexibility index (Phi) is 4.66. The molecule has 6 nitrogen and oxygen atoms in total. The van der Waals surface area contributed by atoms with Crippen molar-refractivity contribution in [2.24, 2.45) is 5.84 Å². The zero-order chi connectivity index (χ0) is 13.8. The Labute approximate surface area is 108 Å². The summed E-state index contributed by atoms with van der Waals surface area (Å²) in [5.74, 6) is 5.40.